The van der Waals surface area contributed by atoms with Crippen LogP contribution in [0.4, 0.5) is 17.6 Å². The van der Waals surface area contributed by atoms with Crippen LogP contribution in [-0.2, 0) is 0 Å². The number of alkyl halides is 3. The summed E-state index contributed by atoms with van der Waals surface area (Å²) >= 11 is 5.81. The first-order chi connectivity index (χ1) is 10.2. The summed E-state index contributed by atoms with van der Waals surface area (Å²) in [4.78, 5) is 11.0. The van der Waals surface area contributed by atoms with E-state index in [0.29, 0.717) is 12.8 Å². The molecule has 2 N–H and O–H groups in total. The number of carbonyl (C=O) groups excluding carboxylic acids is 1. The summed E-state index contributed by atoms with van der Waals surface area (Å²) < 4.78 is 58.4. The van der Waals surface area contributed by atoms with Crippen molar-refractivity contribution in [2.75, 3.05) is 6.61 Å². The van der Waals surface area contributed by atoms with Crippen molar-refractivity contribution < 1.29 is 27.1 Å². The van der Waals surface area contributed by atoms with Crippen LogP contribution in [0, 0.1) is 11.2 Å². The molecule has 0 heterocycles. The van der Waals surface area contributed by atoms with Crippen molar-refractivity contribution in [3.05, 3.63) is 28.5 Å². The summed E-state index contributed by atoms with van der Waals surface area (Å²) in [5.41, 5.74) is 2.58. The van der Waals surface area contributed by atoms with Gasteiger partial charge in [0, 0.05) is 6.07 Å². The molecule has 3 nitrogen and oxygen atoms in total. The Hall–Kier alpha value is -1.50. The van der Waals surface area contributed by atoms with Crippen LogP contribution in [0.25, 0.3) is 0 Å². The number of primary amides is 1. The number of ether oxygens (including phenoxy) is 1. The quantitative estimate of drug-likeness (QED) is 0.840. The molecule has 1 aliphatic rings. The summed E-state index contributed by atoms with van der Waals surface area (Å²) in [6.45, 7) is -0.633. The van der Waals surface area contributed by atoms with Crippen LogP contribution in [0.3, 0.4) is 0 Å². The molecular formula is C14H14ClF4NO2. The van der Waals surface area contributed by atoms with E-state index in [1.165, 1.54) is 0 Å². The number of hydrogen-bond acceptors (Lipinski definition) is 2. The molecule has 1 aliphatic carbocycles. The van der Waals surface area contributed by atoms with Crippen LogP contribution in [0.5, 0.6) is 5.75 Å². The molecule has 122 valence electrons. The average Bonchev–Trinajstić information content (AvgIpc) is 2.88. The Balaban J connectivity index is 2.21. The topological polar surface area (TPSA) is 52.3 Å². The van der Waals surface area contributed by atoms with E-state index < -0.39 is 35.5 Å². The number of amides is 1. The minimum absolute atomic E-state index is 0.0318. The number of nitrogens with two attached hydrogens (primary N) is 1. The molecule has 0 radical (unpaired) electrons. The van der Waals surface area contributed by atoms with Crippen LogP contribution in [0.1, 0.15) is 36.0 Å². The molecule has 1 saturated carbocycles. The monoisotopic (exact) mass is 339 g/mol. The highest BCUT2D eigenvalue weighted by Gasteiger charge is 2.56. The van der Waals surface area contributed by atoms with Crippen LogP contribution in [-0.4, -0.2) is 18.7 Å². The minimum Gasteiger partial charge on any atom is -0.491 e. The van der Waals surface area contributed by atoms with Crippen molar-refractivity contribution in [3.8, 4) is 5.75 Å². The normalized spacial score (nSPS) is 17.5. The lowest BCUT2D eigenvalue weighted by molar-refractivity contribution is -0.230. The standard InChI is InChI=1S/C14H14ClF4NO2/c15-9-5-8(12(20)21)10(16)6-11(9)22-7-13(14(17,18)19)3-1-2-4-13/h5-6H,1-4,7H2,(H2,20,21). The van der Waals surface area contributed by atoms with Gasteiger partial charge in [0.2, 0.25) is 0 Å². The summed E-state index contributed by atoms with van der Waals surface area (Å²) in [7, 11) is 0. The van der Waals surface area contributed by atoms with Crippen molar-refractivity contribution in [2.45, 2.75) is 31.9 Å². The average molecular weight is 340 g/mol. The minimum atomic E-state index is -4.40. The summed E-state index contributed by atoms with van der Waals surface area (Å²) in [5, 5.41) is -0.162. The molecule has 1 aromatic carbocycles. The second-order valence-electron chi connectivity index (χ2n) is 5.40. The second kappa shape index (κ2) is 5.95. The van der Waals surface area contributed by atoms with Crippen molar-refractivity contribution in [3.63, 3.8) is 0 Å². The van der Waals surface area contributed by atoms with E-state index in [0.717, 1.165) is 12.1 Å². The Labute approximate surface area is 129 Å². The molecule has 0 atom stereocenters. The largest absolute Gasteiger partial charge is 0.491 e. The zero-order chi connectivity index (χ0) is 16.5. The number of carbonyl (C=O) groups is 1. The smallest absolute Gasteiger partial charge is 0.397 e. The van der Waals surface area contributed by atoms with Crippen molar-refractivity contribution in [1.29, 1.82) is 0 Å². The van der Waals surface area contributed by atoms with Gasteiger partial charge >= 0.3 is 6.18 Å². The summed E-state index contributed by atoms with van der Waals surface area (Å²) in [5.74, 6) is -2.24. The molecule has 1 fully saturated rings. The van der Waals surface area contributed by atoms with Gasteiger partial charge < -0.3 is 10.5 Å². The highest BCUT2D eigenvalue weighted by Crippen LogP contribution is 2.50. The van der Waals surface area contributed by atoms with E-state index in [-0.39, 0.29) is 23.6 Å². The molecule has 0 aromatic heterocycles. The van der Waals surface area contributed by atoms with Crippen LogP contribution < -0.4 is 10.5 Å². The predicted octanol–water partition coefficient (Wildman–Crippen LogP) is 4.08. The van der Waals surface area contributed by atoms with Gasteiger partial charge in [-0.15, -0.1) is 0 Å². The van der Waals surface area contributed by atoms with E-state index in [9.17, 15) is 22.4 Å². The lowest BCUT2D eigenvalue weighted by atomic mass is 9.86. The van der Waals surface area contributed by atoms with Gasteiger partial charge in [-0.1, -0.05) is 24.4 Å². The third-order valence-electron chi connectivity index (χ3n) is 3.95. The lowest BCUT2D eigenvalue weighted by Gasteiger charge is -2.31. The highest BCUT2D eigenvalue weighted by molar-refractivity contribution is 6.32. The van der Waals surface area contributed by atoms with Gasteiger partial charge in [0.1, 0.15) is 18.2 Å². The van der Waals surface area contributed by atoms with Crippen LogP contribution in [0.2, 0.25) is 5.02 Å². The Morgan fingerprint density at radius 2 is 1.91 bits per heavy atom. The van der Waals surface area contributed by atoms with E-state index in [1.54, 1.807) is 0 Å². The van der Waals surface area contributed by atoms with Gasteiger partial charge in [0.15, 0.2) is 0 Å². The van der Waals surface area contributed by atoms with Gasteiger partial charge in [-0.05, 0) is 18.9 Å². The second-order valence-corrected chi connectivity index (χ2v) is 5.81. The molecule has 2 rings (SSSR count). The van der Waals surface area contributed by atoms with Crippen molar-refractivity contribution in [1.82, 2.24) is 0 Å². The van der Waals surface area contributed by atoms with Gasteiger partial charge in [-0.25, -0.2) is 4.39 Å². The number of benzene rings is 1. The number of hydrogen-bond donors (Lipinski definition) is 1. The summed E-state index contributed by atoms with van der Waals surface area (Å²) in [6.07, 6.45) is -3.54. The first-order valence-electron chi connectivity index (χ1n) is 6.65. The SMILES string of the molecule is NC(=O)c1cc(Cl)c(OCC2(C(F)(F)F)CCCC2)cc1F. The van der Waals surface area contributed by atoms with Crippen molar-refractivity contribution in [2.24, 2.45) is 11.1 Å². The molecule has 0 saturated heterocycles. The molecule has 22 heavy (non-hydrogen) atoms. The molecule has 0 unspecified atom stereocenters. The molecule has 0 spiro atoms. The third kappa shape index (κ3) is 3.14. The molecule has 1 amide bonds. The summed E-state index contributed by atoms with van der Waals surface area (Å²) in [6, 6.07) is 1.73. The fourth-order valence-electron chi connectivity index (χ4n) is 2.61. The fourth-order valence-corrected chi connectivity index (χ4v) is 2.82. The molecule has 8 heteroatoms. The first kappa shape index (κ1) is 16.9. The van der Waals surface area contributed by atoms with Crippen molar-refractivity contribution >= 4 is 17.5 Å². The molecule has 1 aromatic rings. The van der Waals surface area contributed by atoms with Gasteiger partial charge in [0.25, 0.3) is 5.91 Å². The van der Waals surface area contributed by atoms with E-state index in [2.05, 4.69) is 0 Å². The Bertz CT molecular complexity index is 583. The zero-order valence-electron chi connectivity index (χ0n) is 11.5. The fraction of sp³-hybridized carbons (Fsp3) is 0.500. The Morgan fingerprint density at radius 1 is 1.32 bits per heavy atom. The third-order valence-corrected chi connectivity index (χ3v) is 4.25. The molecule has 0 aliphatic heterocycles. The number of halogens is 5. The van der Waals surface area contributed by atoms with E-state index >= 15 is 0 Å². The lowest BCUT2D eigenvalue weighted by Crippen LogP contribution is -2.40. The Kier molecular flexibility index (Phi) is 4.56. The van der Waals surface area contributed by atoms with E-state index in [4.69, 9.17) is 22.1 Å². The van der Waals surface area contributed by atoms with Gasteiger partial charge in [0.05, 0.1) is 16.0 Å². The Morgan fingerprint density at radius 3 is 2.41 bits per heavy atom. The molecular weight excluding hydrogens is 326 g/mol. The number of rotatable bonds is 4. The van der Waals surface area contributed by atoms with Gasteiger partial charge in [-0.3, -0.25) is 4.79 Å². The zero-order valence-corrected chi connectivity index (χ0v) is 12.2. The van der Waals surface area contributed by atoms with Gasteiger partial charge in [-0.2, -0.15) is 13.2 Å². The first-order valence-corrected chi connectivity index (χ1v) is 7.02. The maximum absolute atomic E-state index is 13.6. The molecule has 0 bridgehead atoms. The predicted molar refractivity (Wildman–Crippen MR) is 72.4 cm³/mol. The highest BCUT2D eigenvalue weighted by atomic mass is 35.5. The van der Waals surface area contributed by atoms with E-state index in [1.807, 2.05) is 0 Å². The maximum atomic E-state index is 13.6. The van der Waals surface area contributed by atoms with Crippen LogP contribution in [0.15, 0.2) is 12.1 Å². The van der Waals surface area contributed by atoms with Crippen LogP contribution >= 0.6 is 11.6 Å². The maximum Gasteiger partial charge on any atom is 0.397 e.